The van der Waals surface area contributed by atoms with E-state index in [2.05, 4.69) is 5.32 Å². The molecule has 0 radical (unpaired) electrons. The molecule has 0 atom stereocenters. The zero-order chi connectivity index (χ0) is 17.5. The third-order valence-corrected chi connectivity index (χ3v) is 3.29. The van der Waals surface area contributed by atoms with Crippen LogP contribution in [0, 0.1) is 5.82 Å². The summed E-state index contributed by atoms with van der Waals surface area (Å²) in [6, 6.07) is 4.29. The Kier molecular flexibility index (Phi) is 6.75. The molecule has 1 aromatic rings. The lowest BCUT2D eigenvalue weighted by molar-refractivity contribution is -0.144. The molecule has 1 rings (SSSR count). The van der Waals surface area contributed by atoms with E-state index in [1.807, 2.05) is 20.8 Å². The van der Waals surface area contributed by atoms with Crippen molar-refractivity contribution in [2.45, 2.75) is 32.7 Å². The fourth-order valence-electron chi connectivity index (χ4n) is 1.64. The summed E-state index contributed by atoms with van der Waals surface area (Å²) in [5.41, 5.74) is 0.136. The van der Waals surface area contributed by atoms with E-state index >= 15 is 0 Å². The van der Waals surface area contributed by atoms with Crippen molar-refractivity contribution >= 4 is 18.0 Å². The quantitative estimate of drug-likeness (QED) is 0.619. The van der Waals surface area contributed by atoms with Gasteiger partial charge in [-0.1, -0.05) is 13.0 Å². The molecule has 0 saturated heterocycles. The van der Waals surface area contributed by atoms with Crippen LogP contribution in [0.1, 0.15) is 32.8 Å². The predicted molar refractivity (Wildman–Crippen MR) is 85.5 cm³/mol. The standard InChI is InChI=1S/C17H22FNO4/c1-5-17(2,3)19-15(20)11-23-16(21)9-7-12-6-8-14(22-4)13(18)10-12/h6-10H,5,11H2,1-4H3,(H,19,20)/b9-7+. The molecule has 23 heavy (non-hydrogen) atoms. The molecule has 0 aromatic heterocycles. The first-order valence-electron chi connectivity index (χ1n) is 7.27. The number of hydrogen-bond acceptors (Lipinski definition) is 4. The minimum atomic E-state index is -0.675. The van der Waals surface area contributed by atoms with E-state index < -0.39 is 11.8 Å². The van der Waals surface area contributed by atoms with Crippen molar-refractivity contribution in [3.8, 4) is 5.75 Å². The van der Waals surface area contributed by atoms with Gasteiger partial charge in [-0.25, -0.2) is 9.18 Å². The number of esters is 1. The lowest BCUT2D eigenvalue weighted by atomic mass is 10.0. The molecule has 0 aliphatic heterocycles. The van der Waals surface area contributed by atoms with E-state index in [1.54, 1.807) is 6.07 Å². The third-order valence-electron chi connectivity index (χ3n) is 3.29. The van der Waals surface area contributed by atoms with Crippen molar-refractivity contribution in [1.29, 1.82) is 0 Å². The molecule has 0 fully saturated rings. The summed E-state index contributed by atoms with van der Waals surface area (Å²) in [6.07, 6.45) is 3.30. The van der Waals surface area contributed by atoms with Crippen LogP contribution in [0.2, 0.25) is 0 Å². The molecule has 0 heterocycles. The zero-order valence-electron chi connectivity index (χ0n) is 13.8. The largest absolute Gasteiger partial charge is 0.494 e. The van der Waals surface area contributed by atoms with Crippen LogP contribution in [0.25, 0.3) is 6.08 Å². The fourth-order valence-corrected chi connectivity index (χ4v) is 1.64. The number of carbonyl (C=O) groups is 2. The summed E-state index contributed by atoms with van der Waals surface area (Å²) in [6.45, 7) is 5.35. The first-order chi connectivity index (χ1) is 10.8. The molecule has 0 bridgehead atoms. The maximum absolute atomic E-state index is 13.5. The Bertz CT molecular complexity index is 596. The number of hydrogen-bond donors (Lipinski definition) is 1. The number of benzene rings is 1. The van der Waals surface area contributed by atoms with Gasteiger partial charge in [-0.3, -0.25) is 4.79 Å². The van der Waals surface area contributed by atoms with Crippen LogP contribution >= 0.6 is 0 Å². The predicted octanol–water partition coefficient (Wildman–Crippen LogP) is 2.70. The van der Waals surface area contributed by atoms with Crippen LogP contribution in [0.5, 0.6) is 5.75 Å². The Morgan fingerprint density at radius 1 is 1.35 bits per heavy atom. The van der Waals surface area contributed by atoms with Gasteiger partial charge >= 0.3 is 5.97 Å². The highest BCUT2D eigenvalue weighted by molar-refractivity contribution is 5.89. The number of carbonyl (C=O) groups excluding carboxylic acids is 2. The number of amides is 1. The maximum Gasteiger partial charge on any atom is 0.331 e. The Hall–Kier alpha value is -2.37. The number of methoxy groups -OCH3 is 1. The normalized spacial score (nSPS) is 11.3. The van der Waals surface area contributed by atoms with Gasteiger partial charge in [0.15, 0.2) is 18.2 Å². The first kappa shape index (κ1) is 18.7. The summed E-state index contributed by atoms with van der Waals surface area (Å²) in [4.78, 5) is 23.2. The summed E-state index contributed by atoms with van der Waals surface area (Å²) < 4.78 is 23.1. The lowest BCUT2D eigenvalue weighted by Gasteiger charge is -2.24. The maximum atomic E-state index is 13.5. The van der Waals surface area contributed by atoms with Gasteiger partial charge in [0.1, 0.15) is 0 Å². The number of ether oxygens (including phenoxy) is 2. The topological polar surface area (TPSA) is 64.6 Å². The number of rotatable bonds is 7. The summed E-state index contributed by atoms with van der Waals surface area (Å²) >= 11 is 0. The molecule has 126 valence electrons. The molecule has 1 aromatic carbocycles. The lowest BCUT2D eigenvalue weighted by Crippen LogP contribution is -2.44. The molecule has 1 N–H and O–H groups in total. The molecule has 0 spiro atoms. The number of halogens is 1. The minimum Gasteiger partial charge on any atom is -0.494 e. The van der Waals surface area contributed by atoms with Gasteiger partial charge in [-0.2, -0.15) is 0 Å². The van der Waals surface area contributed by atoms with Crippen LogP contribution in [-0.2, 0) is 14.3 Å². The zero-order valence-corrected chi connectivity index (χ0v) is 13.8. The highest BCUT2D eigenvalue weighted by Crippen LogP contribution is 2.18. The van der Waals surface area contributed by atoms with Crippen molar-refractivity contribution in [3.05, 3.63) is 35.7 Å². The van der Waals surface area contributed by atoms with Crippen molar-refractivity contribution in [3.63, 3.8) is 0 Å². The van der Waals surface area contributed by atoms with Gasteiger partial charge in [-0.05, 0) is 44.0 Å². The van der Waals surface area contributed by atoms with Crippen LogP contribution in [-0.4, -0.2) is 31.1 Å². The number of nitrogens with one attached hydrogen (secondary N) is 1. The van der Waals surface area contributed by atoms with E-state index in [-0.39, 0.29) is 23.8 Å². The Labute approximate surface area is 135 Å². The summed E-state index contributed by atoms with van der Waals surface area (Å²) in [5, 5.41) is 2.75. The molecule has 0 saturated carbocycles. The smallest absolute Gasteiger partial charge is 0.331 e. The van der Waals surface area contributed by atoms with Crippen molar-refractivity contribution < 1.29 is 23.5 Å². The Morgan fingerprint density at radius 2 is 2.04 bits per heavy atom. The van der Waals surface area contributed by atoms with E-state index in [4.69, 9.17) is 9.47 Å². The van der Waals surface area contributed by atoms with Crippen molar-refractivity contribution in [2.75, 3.05) is 13.7 Å². The molecular weight excluding hydrogens is 301 g/mol. The van der Waals surface area contributed by atoms with E-state index in [0.717, 1.165) is 12.5 Å². The summed E-state index contributed by atoms with van der Waals surface area (Å²) in [5.74, 6) is -1.44. The monoisotopic (exact) mass is 323 g/mol. The van der Waals surface area contributed by atoms with Gasteiger partial charge < -0.3 is 14.8 Å². The molecule has 0 unspecified atom stereocenters. The van der Waals surface area contributed by atoms with Gasteiger partial charge in [0.25, 0.3) is 5.91 Å². The van der Waals surface area contributed by atoms with Crippen LogP contribution in [0.3, 0.4) is 0 Å². The average molecular weight is 323 g/mol. The van der Waals surface area contributed by atoms with Gasteiger partial charge in [0.2, 0.25) is 0 Å². The Balaban J connectivity index is 2.50. The molecule has 6 heteroatoms. The van der Waals surface area contributed by atoms with E-state index in [0.29, 0.717) is 5.56 Å². The van der Waals surface area contributed by atoms with Gasteiger partial charge in [0.05, 0.1) is 7.11 Å². The Morgan fingerprint density at radius 3 is 2.61 bits per heavy atom. The average Bonchev–Trinajstić information content (AvgIpc) is 2.50. The molecule has 5 nitrogen and oxygen atoms in total. The van der Waals surface area contributed by atoms with Crippen LogP contribution in [0.4, 0.5) is 4.39 Å². The third kappa shape index (κ3) is 6.50. The van der Waals surface area contributed by atoms with E-state index in [9.17, 15) is 14.0 Å². The second-order valence-electron chi connectivity index (χ2n) is 5.62. The molecule has 0 aliphatic carbocycles. The highest BCUT2D eigenvalue weighted by atomic mass is 19.1. The molecule has 0 aliphatic rings. The van der Waals surface area contributed by atoms with Crippen LogP contribution in [0.15, 0.2) is 24.3 Å². The second kappa shape index (κ2) is 8.31. The van der Waals surface area contributed by atoms with Crippen LogP contribution < -0.4 is 10.1 Å². The first-order valence-corrected chi connectivity index (χ1v) is 7.27. The molecular formula is C17H22FNO4. The SMILES string of the molecule is CCC(C)(C)NC(=O)COC(=O)/C=C/c1ccc(OC)c(F)c1. The fraction of sp³-hybridized carbons (Fsp3) is 0.412. The van der Waals surface area contributed by atoms with Crippen molar-refractivity contribution in [1.82, 2.24) is 5.32 Å². The molecule has 1 amide bonds. The second-order valence-corrected chi connectivity index (χ2v) is 5.62. The summed E-state index contributed by atoms with van der Waals surface area (Å²) in [7, 11) is 1.37. The van der Waals surface area contributed by atoms with Crippen molar-refractivity contribution in [2.24, 2.45) is 0 Å². The minimum absolute atomic E-state index is 0.125. The van der Waals surface area contributed by atoms with E-state index in [1.165, 1.54) is 25.3 Å². The van der Waals surface area contributed by atoms with Gasteiger partial charge in [0, 0.05) is 11.6 Å². The van der Waals surface area contributed by atoms with Gasteiger partial charge in [-0.15, -0.1) is 0 Å². The highest BCUT2D eigenvalue weighted by Gasteiger charge is 2.18.